The Morgan fingerprint density at radius 3 is 1.40 bits per heavy atom. The zero-order valence-electron chi connectivity index (χ0n) is 12.2. The molecule has 2 aromatic carbocycles. The predicted octanol–water partition coefficient (Wildman–Crippen LogP) is 3.26. The summed E-state index contributed by atoms with van der Waals surface area (Å²) < 4.78 is 0. The summed E-state index contributed by atoms with van der Waals surface area (Å²) in [5.74, 6) is 0. The summed E-state index contributed by atoms with van der Waals surface area (Å²) in [7, 11) is 0. The topological polar surface area (TPSA) is 55.3 Å². The van der Waals surface area contributed by atoms with Gasteiger partial charge in [0.15, 0.2) is 0 Å². The van der Waals surface area contributed by atoms with Crippen molar-refractivity contribution in [1.29, 1.82) is 0 Å². The van der Waals surface area contributed by atoms with Gasteiger partial charge in [0.1, 0.15) is 0 Å². The summed E-state index contributed by atoms with van der Waals surface area (Å²) in [4.78, 5) is 2.43. The fourth-order valence-electron chi connectivity index (χ4n) is 2.14. The van der Waals surface area contributed by atoms with Crippen LogP contribution in [-0.2, 0) is 13.1 Å². The number of hydrogen-bond donors (Lipinski definition) is 2. The predicted molar refractivity (Wildman–Crippen MR) is 86.1 cm³/mol. The molecule has 0 aliphatic rings. The van der Waals surface area contributed by atoms with Crippen molar-refractivity contribution in [3.63, 3.8) is 0 Å². The van der Waals surface area contributed by atoms with Crippen LogP contribution in [0.1, 0.15) is 25.0 Å². The summed E-state index contributed by atoms with van der Waals surface area (Å²) in [5, 5.41) is 0. The SMILES string of the molecule is CC(C)N(Cc1ccc(N)cc1)Cc1ccc(N)cc1. The zero-order valence-corrected chi connectivity index (χ0v) is 12.2. The van der Waals surface area contributed by atoms with Crippen molar-refractivity contribution in [2.24, 2.45) is 0 Å². The summed E-state index contributed by atoms with van der Waals surface area (Å²) >= 11 is 0. The summed E-state index contributed by atoms with van der Waals surface area (Å²) in [6, 6.07) is 16.7. The van der Waals surface area contributed by atoms with Gasteiger partial charge in [0, 0.05) is 30.5 Å². The van der Waals surface area contributed by atoms with Gasteiger partial charge in [0.05, 0.1) is 0 Å². The monoisotopic (exact) mass is 269 g/mol. The fraction of sp³-hybridized carbons (Fsp3) is 0.294. The van der Waals surface area contributed by atoms with E-state index in [9.17, 15) is 0 Å². The van der Waals surface area contributed by atoms with Gasteiger partial charge in [-0.3, -0.25) is 4.90 Å². The Balaban J connectivity index is 2.07. The standard InChI is InChI=1S/C17H23N3/c1-13(2)20(11-14-3-7-16(18)8-4-14)12-15-5-9-17(19)10-6-15/h3-10,13H,11-12,18-19H2,1-2H3. The van der Waals surface area contributed by atoms with Gasteiger partial charge >= 0.3 is 0 Å². The molecule has 0 unspecified atom stereocenters. The Labute approximate surface area is 121 Å². The van der Waals surface area contributed by atoms with Crippen molar-refractivity contribution in [2.45, 2.75) is 33.0 Å². The normalized spacial score (nSPS) is 11.2. The lowest BCUT2D eigenvalue weighted by Crippen LogP contribution is -2.29. The van der Waals surface area contributed by atoms with Gasteiger partial charge in [0.25, 0.3) is 0 Å². The number of nitrogen functional groups attached to an aromatic ring is 2. The molecule has 3 nitrogen and oxygen atoms in total. The Kier molecular flexibility index (Phi) is 4.64. The van der Waals surface area contributed by atoms with E-state index >= 15 is 0 Å². The maximum atomic E-state index is 5.73. The van der Waals surface area contributed by atoms with Gasteiger partial charge in [-0.2, -0.15) is 0 Å². The Bertz CT molecular complexity index is 482. The second-order valence-electron chi connectivity index (χ2n) is 5.48. The van der Waals surface area contributed by atoms with E-state index in [2.05, 4.69) is 43.0 Å². The molecule has 4 N–H and O–H groups in total. The maximum absolute atomic E-state index is 5.73. The van der Waals surface area contributed by atoms with Gasteiger partial charge in [-0.25, -0.2) is 0 Å². The molecule has 106 valence electrons. The minimum Gasteiger partial charge on any atom is -0.399 e. The van der Waals surface area contributed by atoms with Crippen LogP contribution < -0.4 is 11.5 Å². The molecule has 0 amide bonds. The molecule has 0 atom stereocenters. The van der Waals surface area contributed by atoms with E-state index in [0.717, 1.165) is 24.5 Å². The molecular weight excluding hydrogens is 246 g/mol. The van der Waals surface area contributed by atoms with Crippen molar-refractivity contribution < 1.29 is 0 Å². The van der Waals surface area contributed by atoms with Gasteiger partial charge in [0.2, 0.25) is 0 Å². The average Bonchev–Trinajstić information content (AvgIpc) is 2.42. The summed E-state index contributed by atoms with van der Waals surface area (Å²) in [6.45, 7) is 6.27. The molecule has 3 heteroatoms. The number of benzene rings is 2. The largest absolute Gasteiger partial charge is 0.399 e. The van der Waals surface area contributed by atoms with Crippen LogP contribution in [-0.4, -0.2) is 10.9 Å². The van der Waals surface area contributed by atoms with E-state index < -0.39 is 0 Å². The smallest absolute Gasteiger partial charge is 0.0314 e. The molecule has 20 heavy (non-hydrogen) atoms. The molecule has 0 aliphatic carbocycles. The first-order chi connectivity index (χ1) is 9.54. The lowest BCUT2D eigenvalue weighted by Gasteiger charge is -2.26. The molecular formula is C17H23N3. The van der Waals surface area contributed by atoms with E-state index in [4.69, 9.17) is 11.5 Å². The third-order valence-electron chi connectivity index (χ3n) is 3.46. The van der Waals surface area contributed by atoms with Crippen molar-refractivity contribution >= 4 is 11.4 Å². The van der Waals surface area contributed by atoms with Crippen LogP contribution in [0.2, 0.25) is 0 Å². The number of rotatable bonds is 5. The molecule has 0 aromatic heterocycles. The highest BCUT2D eigenvalue weighted by atomic mass is 15.1. The van der Waals surface area contributed by atoms with Crippen LogP contribution in [0.5, 0.6) is 0 Å². The van der Waals surface area contributed by atoms with Crippen molar-refractivity contribution in [2.75, 3.05) is 11.5 Å². The average molecular weight is 269 g/mol. The summed E-state index contributed by atoms with van der Waals surface area (Å²) in [6.07, 6.45) is 0. The number of hydrogen-bond acceptors (Lipinski definition) is 3. The van der Waals surface area contributed by atoms with Crippen LogP contribution in [0.25, 0.3) is 0 Å². The second kappa shape index (κ2) is 6.44. The first kappa shape index (κ1) is 14.4. The highest BCUT2D eigenvalue weighted by Gasteiger charge is 2.10. The molecule has 0 spiro atoms. The van der Waals surface area contributed by atoms with Crippen LogP contribution >= 0.6 is 0 Å². The first-order valence-corrected chi connectivity index (χ1v) is 6.97. The Hall–Kier alpha value is -2.00. The van der Waals surface area contributed by atoms with E-state index in [1.807, 2.05) is 24.3 Å². The van der Waals surface area contributed by atoms with Gasteiger partial charge in [-0.15, -0.1) is 0 Å². The van der Waals surface area contributed by atoms with E-state index in [1.54, 1.807) is 0 Å². The number of nitrogens with zero attached hydrogens (tertiary/aromatic N) is 1. The molecule has 0 saturated carbocycles. The molecule has 0 radical (unpaired) electrons. The molecule has 0 aliphatic heterocycles. The molecule has 0 saturated heterocycles. The maximum Gasteiger partial charge on any atom is 0.0314 e. The third kappa shape index (κ3) is 4.00. The zero-order chi connectivity index (χ0) is 14.5. The molecule has 0 bridgehead atoms. The number of anilines is 2. The van der Waals surface area contributed by atoms with E-state index in [-0.39, 0.29) is 0 Å². The van der Waals surface area contributed by atoms with Gasteiger partial charge < -0.3 is 11.5 Å². The lowest BCUT2D eigenvalue weighted by molar-refractivity contribution is 0.203. The van der Waals surface area contributed by atoms with E-state index in [1.165, 1.54) is 11.1 Å². The molecule has 0 fully saturated rings. The fourth-order valence-corrected chi connectivity index (χ4v) is 2.14. The highest BCUT2D eigenvalue weighted by molar-refractivity contribution is 5.40. The van der Waals surface area contributed by atoms with Crippen molar-refractivity contribution in [3.8, 4) is 0 Å². The minimum absolute atomic E-state index is 0.477. The Morgan fingerprint density at radius 2 is 1.10 bits per heavy atom. The van der Waals surface area contributed by atoms with E-state index in [0.29, 0.717) is 6.04 Å². The van der Waals surface area contributed by atoms with Crippen LogP contribution in [0, 0.1) is 0 Å². The highest BCUT2D eigenvalue weighted by Crippen LogP contribution is 2.15. The lowest BCUT2D eigenvalue weighted by atomic mass is 10.1. The Morgan fingerprint density at radius 1 is 0.750 bits per heavy atom. The van der Waals surface area contributed by atoms with Crippen molar-refractivity contribution in [1.82, 2.24) is 4.90 Å². The van der Waals surface area contributed by atoms with Gasteiger partial charge in [-0.1, -0.05) is 24.3 Å². The third-order valence-corrected chi connectivity index (χ3v) is 3.46. The quantitative estimate of drug-likeness (QED) is 0.819. The van der Waals surface area contributed by atoms with Crippen LogP contribution in [0.15, 0.2) is 48.5 Å². The number of nitrogens with two attached hydrogens (primary N) is 2. The molecule has 2 rings (SSSR count). The van der Waals surface area contributed by atoms with Crippen molar-refractivity contribution in [3.05, 3.63) is 59.7 Å². The van der Waals surface area contributed by atoms with Crippen LogP contribution in [0.4, 0.5) is 11.4 Å². The minimum atomic E-state index is 0.477. The molecule has 2 aromatic rings. The summed E-state index contributed by atoms with van der Waals surface area (Å²) in [5.41, 5.74) is 15.6. The molecule has 0 heterocycles. The van der Waals surface area contributed by atoms with Crippen LogP contribution in [0.3, 0.4) is 0 Å². The first-order valence-electron chi connectivity index (χ1n) is 6.97. The second-order valence-corrected chi connectivity index (χ2v) is 5.48. The van der Waals surface area contributed by atoms with Gasteiger partial charge in [-0.05, 0) is 49.2 Å².